The summed E-state index contributed by atoms with van der Waals surface area (Å²) in [6.07, 6.45) is 1.59. The van der Waals surface area contributed by atoms with Crippen molar-refractivity contribution in [3.05, 3.63) is 0 Å². The number of carbonyl (C=O) groups is 4. The number of Topliss-reactive ketones (excluding diaryl/α,β-unsaturated/α-hetero) is 1. The van der Waals surface area contributed by atoms with Gasteiger partial charge in [0.25, 0.3) is 0 Å². The molecule has 22 heavy (non-hydrogen) atoms. The van der Waals surface area contributed by atoms with Gasteiger partial charge < -0.3 is 10.4 Å². The molecule has 0 aromatic heterocycles. The highest BCUT2D eigenvalue weighted by atomic mass is 19.1. The van der Waals surface area contributed by atoms with Gasteiger partial charge in [0.15, 0.2) is 5.78 Å². The Labute approximate surface area is 127 Å². The lowest BCUT2D eigenvalue weighted by atomic mass is 9.87. The lowest BCUT2D eigenvalue weighted by Crippen LogP contribution is -2.51. The van der Waals surface area contributed by atoms with Crippen LogP contribution in [0.5, 0.6) is 0 Å². The van der Waals surface area contributed by atoms with E-state index >= 15 is 0 Å². The van der Waals surface area contributed by atoms with Crippen LogP contribution in [0.1, 0.15) is 26.7 Å². The molecule has 0 aromatic carbocycles. The first-order valence-corrected chi connectivity index (χ1v) is 7.18. The van der Waals surface area contributed by atoms with Crippen molar-refractivity contribution in [1.29, 1.82) is 0 Å². The maximum absolute atomic E-state index is 13.1. The van der Waals surface area contributed by atoms with Crippen LogP contribution in [0.3, 0.4) is 0 Å². The summed E-state index contributed by atoms with van der Waals surface area (Å²) in [5, 5.41) is 11.8. The van der Waals surface area contributed by atoms with E-state index in [-0.39, 0.29) is 6.41 Å². The summed E-state index contributed by atoms with van der Waals surface area (Å²) >= 11 is 0. The van der Waals surface area contributed by atoms with Gasteiger partial charge >= 0.3 is 5.97 Å². The van der Waals surface area contributed by atoms with Crippen molar-refractivity contribution < 1.29 is 28.7 Å². The molecule has 1 saturated heterocycles. The van der Waals surface area contributed by atoms with Crippen molar-refractivity contribution >= 4 is 24.1 Å². The van der Waals surface area contributed by atoms with E-state index in [4.69, 9.17) is 5.11 Å². The zero-order chi connectivity index (χ0) is 16.9. The van der Waals surface area contributed by atoms with Crippen LogP contribution >= 0.6 is 0 Å². The van der Waals surface area contributed by atoms with Crippen molar-refractivity contribution in [3.63, 3.8) is 0 Å². The molecule has 0 bridgehead atoms. The van der Waals surface area contributed by atoms with Crippen LogP contribution in [0.25, 0.3) is 0 Å². The summed E-state index contributed by atoms with van der Waals surface area (Å²) in [5.41, 5.74) is 0. The fraction of sp³-hybridized carbons (Fsp3) is 0.714. The third-order valence-corrected chi connectivity index (χ3v) is 4.08. The maximum atomic E-state index is 13.1. The monoisotopic (exact) mass is 316 g/mol. The van der Waals surface area contributed by atoms with Gasteiger partial charge in [0, 0.05) is 0 Å². The van der Waals surface area contributed by atoms with Crippen LogP contribution in [0.15, 0.2) is 0 Å². The van der Waals surface area contributed by atoms with Gasteiger partial charge in [-0.05, 0) is 26.3 Å². The number of nitrogens with zero attached hydrogens (tertiary/aromatic N) is 1. The Kier molecular flexibility index (Phi) is 6.61. The molecule has 7 nitrogen and oxygen atoms in total. The van der Waals surface area contributed by atoms with Crippen LogP contribution < -0.4 is 5.32 Å². The first-order valence-electron chi connectivity index (χ1n) is 7.18. The number of hydrogen-bond donors (Lipinski definition) is 2. The molecular formula is C14H21FN2O5. The second kappa shape index (κ2) is 7.98. The standard InChI is InChI=1S/C14H21FN2O5/c1-8(14(21)22)10(6-15)12(19)9(2)17(7-18)13(20)11-4-3-5-16-11/h7-11,16H,3-6H2,1-2H3,(H,21,22)/t8?,9-,10?,11-/m0/s1. The van der Waals surface area contributed by atoms with E-state index < -0.39 is 48.3 Å². The average molecular weight is 316 g/mol. The second-order valence-corrected chi connectivity index (χ2v) is 5.47. The van der Waals surface area contributed by atoms with E-state index in [9.17, 15) is 23.6 Å². The van der Waals surface area contributed by atoms with E-state index in [2.05, 4.69) is 5.32 Å². The van der Waals surface area contributed by atoms with Crippen molar-refractivity contribution in [3.8, 4) is 0 Å². The molecule has 1 fully saturated rings. The summed E-state index contributed by atoms with van der Waals surface area (Å²) in [6, 6.07) is -1.74. The van der Waals surface area contributed by atoms with Crippen LogP contribution in [0, 0.1) is 11.8 Å². The number of hydrogen-bond acceptors (Lipinski definition) is 5. The Balaban J connectivity index is 2.86. The molecule has 0 radical (unpaired) electrons. The zero-order valence-electron chi connectivity index (χ0n) is 12.6. The molecule has 4 atom stereocenters. The van der Waals surface area contributed by atoms with Crippen molar-refractivity contribution in [1.82, 2.24) is 10.2 Å². The molecule has 2 amide bonds. The molecule has 1 aliphatic heterocycles. The molecule has 1 aliphatic rings. The Bertz CT molecular complexity index is 451. The number of carbonyl (C=O) groups excluding carboxylic acids is 3. The van der Waals surface area contributed by atoms with Gasteiger partial charge in [-0.1, -0.05) is 6.92 Å². The van der Waals surface area contributed by atoms with Crippen molar-refractivity contribution in [2.24, 2.45) is 11.8 Å². The Hall–Kier alpha value is -1.83. The predicted octanol–water partition coefficient (Wildman–Crippen LogP) is -0.0126. The summed E-state index contributed by atoms with van der Waals surface area (Å²) in [6.45, 7) is 2.03. The van der Waals surface area contributed by atoms with Crippen LogP contribution in [-0.4, -0.2) is 59.4 Å². The molecule has 1 rings (SSSR count). The number of carboxylic acid groups (broad SMARTS) is 1. The van der Waals surface area contributed by atoms with E-state index in [0.717, 1.165) is 11.3 Å². The SMILES string of the molecule is CC(C(=O)O)C(CF)C(=O)[C@H](C)N(C=O)C(=O)[C@@H]1CCCN1. The second-order valence-electron chi connectivity index (χ2n) is 5.47. The number of imide groups is 1. The van der Waals surface area contributed by atoms with Crippen LogP contribution in [0.4, 0.5) is 4.39 Å². The Morgan fingerprint density at radius 1 is 1.41 bits per heavy atom. The summed E-state index contributed by atoms with van der Waals surface area (Å²) in [5.74, 6) is -5.23. The molecular weight excluding hydrogens is 295 g/mol. The van der Waals surface area contributed by atoms with Crippen LogP contribution in [0.2, 0.25) is 0 Å². The van der Waals surface area contributed by atoms with E-state index in [1.807, 2.05) is 0 Å². The highest BCUT2D eigenvalue weighted by Gasteiger charge is 2.38. The molecule has 124 valence electrons. The normalized spacial score (nSPS) is 21.7. The maximum Gasteiger partial charge on any atom is 0.307 e. The van der Waals surface area contributed by atoms with Gasteiger partial charge in [0.05, 0.1) is 23.9 Å². The van der Waals surface area contributed by atoms with Crippen LogP contribution in [-0.2, 0) is 19.2 Å². The molecule has 2 N–H and O–H groups in total. The summed E-state index contributed by atoms with van der Waals surface area (Å²) in [7, 11) is 0. The number of amides is 2. The Morgan fingerprint density at radius 3 is 2.45 bits per heavy atom. The number of nitrogens with one attached hydrogen (secondary N) is 1. The van der Waals surface area contributed by atoms with Crippen molar-refractivity contribution in [2.45, 2.75) is 38.8 Å². The van der Waals surface area contributed by atoms with Gasteiger partial charge in [-0.15, -0.1) is 0 Å². The molecule has 0 saturated carbocycles. The van der Waals surface area contributed by atoms with Crippen molar-refractivity contribution in [2.75, 3.05) is 13.2 Å². The molecule has 0 aliphatic carbocycles. The van der Waals surface area contributed by atoms with Gasteiger partial charge in [-0.2, -0.15) is 0 Å². The molecule has 1 heterocycles. The van der Waals surface area contributed by atoms with Gasteiger partial charge in [-0.3, -0.25) is 28.5 Å². The largest absolute Gasteiger partial charge is 0.481 e. The fourth-order valence-electron chi connectivity index (χ4n) is 2.48. The average Bonchev–Trinajstić information content (AvgIpc) is 3.02. The topological polar surface area (TPSA) is 104 Å². The first-order chi connectivity index (χ1) is 10.3. The smallest absolute Gasteiger partial charge is 0.307 e. The van der Waals surface area contributed by atoms with E-state index in [1.165, 1.54) is 13.8 Å². The minimum absolute atomic E-state index is 0.242. The quantitative estimate of drug-likeness (QED) is 0.610. The number of aliphatic carboxylic acids is 1. The van der Waals surface area contributed by atoms with Gasteiger partial charge in [-0.25, -0.2) is 0 Å². The predicted molar refractivity (Wildman–Crippen MR) is 74.7 cm³/mol. The lowest BCUT2D eigenvalue weighted by Gasteiger charge is -2.28. The third kappa shape index (κ3) is 3.88. The molecule has 2 unspecified atom stereocenters. The minimum atomic E-state index is -1.39. The summed E-state index contributed by atoms with van der Waals surface area (Å²) in [4.78, 5) is 47.3. The number of carboxylic acids is 1. The van der Waals surface area contributed by atoms with E-state index in [1.54, 1.807) is 0 Å². The zero-order valence-corrected chi connectivity index (χ0v) is 12.6. The number of rotatable bonds is 8. The van der Waals surface area contributed by atoms with Gasteiger partial charge in [0.1, 0.15) is 6.67 Å². The molecule has 0 aromatic rings. The Morgan fingerprint density at radius 2 is 2.05 bits per heavy atom. The number of alkyl halides is 1. The molecule has 0 spiro atoms. The number of halogens is 1. The first kappa shape index (κ1) is 18.2. The third-order valence-electron chi connectivity index (χ3n) is 4.08. The fourth-order valence-corrected chi connectivity index (χ4v) is 2.48. The number of ketones is 1. The molecule has 8 heteroatoms. The van der Waals surface area contributed by atoms with Gasteiger partial charge in [0.2, 0.25) is 12.3 Å². The highest BCUT2D eigenvalue weighted by molar-refractivity contribution is 5.98. The summed E-state index contributed by atoms with van der Waals surface area (Å²) < 4.78 is 13.1. The minimum Gasteiger partial charge on any atom is -0.481 e. The van der Waals surface area contributed by atoms with E-state index in [0.29, 0.717) is 13.0 Å². The highest BCUT2D eigenvalue weighted by Crippen LogP contribution is 2.19. The lowest BCUT2D eigenvalue weighted by molar-refractivity contribution is -0.151.